The Morgan fingerprint density at radius 3 is 2.50 bits per heavy atom. The Hall–Kier alpha value is -0.930. The predicted molar refractivity (Wildman–Crippen MR) is 80.1 cm³/mol. The summed E-state index contributed by atoms with van der Waals surface area (Å²) in [7, 11) is 0. The zero-order valence-corrected chi connectivity index (χ0v) is 12.6. The van der Waals surface area contributed by atoms with Crippen LogP contribution in [0, 0.1) is 12.7 Å². The maximum atomic E-state index is 13.6. The number of halogens is 1. The van der Waals surface area contributed by atoms with Gasteiger partial charge in [0.25, 0.3) is 0 Å². The van der Waals surface area contributed by atoms with Gasteiger partial charge in [0.05, 0.1) is 11.6 Å². The first-order chi connectivity index (χ1) is 9.59. The molecule has 1 aromatic rings. The number of ether oxygens (including phenoxy) is 1. The summed E-state index contributed by atoms with van der Waals surface area (Å²) in [5, 5.41) is 0. The molecule has 2 nitrogen and oxygen atoms in total. The molecule has 0 amide bonds. The van der Waals surface area contributed by atoms with Crippen molar-refractivity contribution in [2.45, 2.75) is 64.0 Å². The van der Waals surface area contributed by atoms with Crippen LogP contribution in [0.5, 0.6) is 0 Å². The summed E-state index contributed by atoms with van der Waals surface area (Å²) in [4.78, 5) is 0. The first kappa shape index (κ1) is 15.5. The first-order valence-electron chi connectivity index (χ1n) is 7.74. The van der Waals surface area contributed by atoms with Gasteiger partial charge in [-0.05, 0) is 49.9 Å². The molecule has 1 aliphatic rings. The second-order valence-electron chi connectivity index (χ2n) is 5.89. The molecule has 1 fully saturated rings. The lowest BCUT2D eigenvalue weighted by Gasteiger charge is -2.39. The van der Waals surface area contributed by atoms with E-state index < -0.39 is 0 Å². The van der Waals surface area contributed by atoms with Crippen molar-refractivity contribution >= 4 is 0 Å². The van der Waals surface area contributed by atoms with Gasteiger partial charge in [-0.1, -0.05) is 31.7 Å². The van der Waals surface area contributed by atoms with Gasteiger partial charge in [-0.15, -0.1) is 0 Å². The lowest BCUT2D eigenvalue weighted by molar-refractivity contribution is -0.0697. The summed E-state index contributed by atoms with van der Waals surface area (Å²) in [6.07, 6.45) is 6.70. The number of aryl methyl sites for hydroxylation is 1. The molecule has 1 saturated carbocycles. The molecule has 0 heterocycles. The van der Waals surface area contributed by atoms with Gasteiger partial charge in [0.1, 0.15) is 5.82 Å². The molecule has 0 radical (unpaired) electrons. The predicted octanol–water partition coefficient (Wildman–Crippen LogP) is 4.26. The number of rotatable bonds is 4. The van der Waals surface area contributed by atoms with Crippen LogP contribution < -0.4 is 5.73 Å². The highest BCUT2D eigenvalue weighted by atomic mass is 19.1. The van der Waals surface area contributed by atoms with Crippen LogP contribution in [0.25, 0.3) is 0 Å². The lowest BCUT2D eigenvalue weighted by Crippen LogP contribution is -2.44. The van der Waals surface area contributed by atoms with Crippen molar-refractivity contribution in [3.05, 3.63) is 35.1 Å². The zero-order valence-electron chi connectivity index (χ0n) is 12.6. The number of hydrogen-bond acceptors (Lipinski definition) is 2. The van der Waals surface area contributed by atoms with Crippen molar-refractivity contribution < 1.29 is 9.13 Å². The number of benzene rings is 1. The van der Waals surface area contributed by atoms with E-state index in [0.29, 0.717) is 6.61 Å². The van der Waals surface area contributed by atoms with Crippen molar-refractivity contribution in [1.29, 1.82) is 0 Å². The maximum Gasteiger partial charge on any atom is 0.123 e. The Balaban J connectivity index is 2.34. The van der Waals surface area contributed by atoms with E-state index in [1.807, 2.05) is 13.8 Å². The normalized spacial score (nSPS) is 20.4. The number of nitrogens with two attached hydrogens (primary N) is 1. The summed E-state index contributed by atoms with van der Waals surface area (Å²) in [5.74, 6) is -0.221. The highest BCUT2D eigenvalue weighted by molar-refractivity contribution is 5.31. The smallest absolute Gasteiger partial charge is 0.123 e. The van der Waals surface area contributed by atoms with Crippen LogP contribution in [-0.4, -0.2) is 12.2 Å². The topological polar surface area (TPSA) is 35.2 Å². The SMILES string of the molecule is CCOC1(C(N)c2cc(F)ccc2C)CCCCCC1. The van der Waals surface area contributed by atoms with Crippen LogP contribution in [-0.2, 0) is 4.74 Å². The summed E-state index contributed by atoms with van der Waals surface area (Å²) < 4.78 is 19.7. The fourth-order valence-corrected chi connectivity index (χ4v) is 3.39. The molecular formula is C17H26FNO. The standard InChI is InChI=1S/C17H26FNO/c1-3-20-17(10-6-4-5-7-11-17)16(19)15-12-14(18)9-8-13(15)2/h8-9,12,16H,3-7,10-11,19H2,1-2H3. The van der Waals surface area contributed by atoms with Gasteiger partial charge in [-0.25, -0.2) is 4.39 Å². The third kappa shape index (κ3) is 3.21. The van der Waals surface area contributed by atoms with Crippen LogP contribution in [0.1, 0.15) is 62.6 Å². The molecule has 1 unspecified atom stereocenters. The van der Waals surface area contributed by atoms with Gasteiger partial charge in [0.2, 0.25) is 0 Å². The first-order valence-corrected chi connectivity index (χ1v) is 7.74. The Kier molecular flexibility index (Phi) is 5.17. The molecule has 0 bridgehead atoms. The monoisotopic (exact) mass is 279 g/mol. The average Bonchev–Trinajstić information content (AvgIpc) is 2.68. The largest absolute Gasteiger partial charge is 0.373 e. The summed E-state index contributed by atoms with van der Waals surface area (Å²) in [6, 6.07) is 4.62. The van der Waals surface area contributed by atoms with Crippen LogP contribution in [0.3, 0.4) is 0 Å². The number of hydrogen-bond donors (Lipinski definition) is 1. The van der Waals surface area contributed by atoms with E-state index >= 15 is 0 Å². The highest BCUT2D eigenvalue weighted by Gasteiger charge is 2.39. The van der Waals surface area contributed by atoms with Crippen molar-refractivity contribution in [3.63, 3.8) is 0 Å². The fraction of sp³-hybridized carbons (Fsp3) is 0.647. The molecule has 20 heavy (non-hydrogen) atoms. The Morgan fingerprint density at radius 2 is 1.90 bits per heavy atom. The minimum absolute atomic E-state index is 0.221. The van der Waals surface area contributed by atoms with Crippen molar-refractivity contribution in [2.24, 2.45) is 5.73 Å². The molecule has 2 N–H and O–H groups in total. The van der Waals surface area contributed by atoms with Crippen LogP contribution >= 0.6 is 0 Å². The zero-order chi connectivity index (χ0) is 14.6. The molecule has 0 saturated heterocycles. The highest BCUT2D eigenvalue weighted by Crippen LogP contribution is 2.40. The quantitative estimate of drug-likeness (QED) is 0.836. The van der Waals surface area contributed by atoms with E-state index in [-0.39, 0.29) is 17.5 Å². The van der Waals surface area contributed by atoms with Crippen molar-refractivity contribution in [3.8, 4) is 0 Å². The van der Waals surface area contributed by atoms with Crippen LogP contribution in [0.2, 0.25) is 0 Å². The van der Waals surface area contributed by atoms with E-state index in [1.54, 1.807) is 12.1 Å². The van der Waals surface area contributed by atoms with E-state index in [9.17, 15) is 4.39 Å². The molecule has 0 aromatic heterocycles. The van der Waals surface area contributed by atoms with E-state index in [1.165, 1.54) is 18.9 Å². The van der Waals surface area contributed by atoms with E-state index in [4.69, 9.17) is 10.5 Å². The molecule has 112 valence electrons. The van der Waals surface area contributed by atoms with Crippen molar-refractivity contribution in [2.75, 3.05) is 6.61 Å². The molecule has 3 heteroatoms. The molecule has 2 rings (SSSR count). The fourth-order valence-electron chi connectivity index (χ4n) is 3.39. The second-order valence-corrected chi connectivity index (χ2v) is 5.89. The Morgan fingerprint density at radius 1 is 1.25 bits per heavy atom. The molecular weight excluding hydrogens is 253 g/mol. The van der Waals surface area contributed by atoms with Gasteiger partial charge in [0, 0.05) is 6.61 Å². The molecule has 1 atom stereocenters. The summed E-state index contributed by atoms with van der Waals surface area (Å²) in [6.45, 7) is 4.66. The van der Waals surface area contributed by atoms with Gasteiger partial charge < -0.3 is 10.5 Å². The van der Waals surface area contributed by atoms with Gasteiger partial charge in [-0.3, -0.25) is 0 Å². The molecule has 1 aliphatic carbocycles. The molecule has 0 spiro atoms. The van der Waals surface area contributed by atoms with Crippen molar-refractivity contribution in [1.82, 2.24) is 0 Å². The van der Waals surface area contributed by atoms with Gasteiger partial charge in [0.15, 0.2) is 0 Å². The Labute approximate surface area is 121 Å². The second kappa shape index (κ2) is 6.68. The molecule has 0 aliphatic heterocycles. The van der Waals surface area contributed by atoms with Crippen LogP contribution in [0.4, 0.5) is 4.39 Å². The van der Waals surface area contributed by atoms with Gasteiger partial charge >= 0.3 is 0 Å². The van der Waals surface area contributed by atoms with E-state index in [2.05, 4.69) is 0 Å². The third-order valence-electron chi connectivity index (χ3n) is 4.52. The maximum absolute atomic E-state index is 13.6. The Bertz CT molecular complexity index is 439. The lowest BCUT2D eigenvalue weighted by atomic mass is 9.81. The summed E-state index contributed by atoms with van der Waals surface area (Å²) in [5.41, 5.74) is 8.14. The minimum atomic E-state index is -0.330. The third-order valence-corrected chi connectivity index (χ3v) is 4.52. The van der Waals surface area contributed by atoms with Gasteiger partial charge in [-0.2, -0.15) is 0 Å². The minimum Gasteiger partial charge on any atom is -0.373 e. The van der Waals surface area contributed by atoms with E-state index in [0.717, 1.165) is 36.8 Å². The average molecular weight is 279 g/mol. The molecule has 1 aromatic carbocycles. The summed E-state index contributed by atoms with van der Waals surface area (Å²) >= 11 is 0. The van der Waals surface area contributed by atoms with Crippen LogP contribution in [0.15, 0.2) is 18.2 Å².